The lowest BCUT2D eigenvalue weighted by Gasteiger charge is -2.25. The van der Waals surface area contributed by atoms with Gasteiger partial charge in [0.1, 0.15) is 11.5 Å². The first-order chi connectivity index (χ1) is 13.5. The van der Waals surface area contributed by atoms with E-state index in [1.165, 1.54) is 18.7 Å². The highest BCUT2D eigenvalue weighted by Gasteiger charge is 2.22. The van der Waals surface area contributed by atoms with Gasteiger partial charge in [0, 0.05) is 18.5 Å². The Bertz CT molecular complexity index is 949. The molecular weight excluding hydrogens is 381 g/mol. The highest BCUT2D eigenvalue weighted by Crippen LogP contribution is 2.26. The van der Waals surface area contributed by atoms with Crippen LogP contribution in [0, 0.1) is 11.7 Å². The standard InChI is InChI=1S/C21H21ClFN3O2/c1-3-20-19(25-12-28-20)9-15(10-22)14-4-5-18(13(2)8-14)26-21(27)16-6-7-24-11-17(16)23/h4-9,11-13,18H,3,10H2,1-2H3,(H,26,27). The quantitative estimate of drug-likeness (QED) is 0.732. The van der Waals surface area contributed by atoms with Gasteiger partial charge in [0.2, 0.25) is 0 Å². The van der Waals surface area contributed by atoms with Crippen LogP contribution in [0.15, 0.2) is 58.6 Å². The molecule has 2 aromatic rings. The normalized spacial score (nSPS) is 19.4. The average Bonchev–Trinajstić information content (AvgIpc) is 3.15. The van der Waals surface area contributed by atoms with Gasteiger partial charge in [-0.1, -0.05) is 32.1 Å². The molecule has 1 amide bonds. The lowest BCUT2D eigenvalue weighted by atomic mass is 9.89. The van der Waals surface area contributed by atoms with Crippen LogP contribution >= 0.6 is 11.6 Å². The summed E-state index contributed by atoms with van der Waals surface area (Å²) in [5.41, 5.74) is 2.63. The number of amides is 1. The molecule has 2 atom stereocenters. The number of aromatic nitrogens is 2. The number of pyridine rings is 1. The maximum absolute atomic E-state index is 13.8. The molecule has 0 aliphatic heterocycles. The number of nitrogens with zero attached hydrogens (tertiary/aromatic N) is 2. The number of carbonyl (C=O) groups excluding carboxylic acids is 1. The Morgan fingerprint density at radius 1 is 1.46 bits per heavy atom. The van der Waals surface area contributed by atoms with Gasteiger partial charge >= 0.3 is 0 Å². The van der Waals surface area contributed by atoms with Crippen molar-refractivity contribution in [3.05, 3.63) is 77.1 Å². The zero-order chi connectivity index (χ0) is 20.1. The summed E-state index contributed by atoms with van der Waals surface area (Å²) >= 11 is 6.16. The van der Waals surface area contributed by atoms with Gasteiger partial charge in [-0.15, -0.1) is 11.6 Å². The summed E-state index contributed by atoms with van der Waals surface area (Å²) < 4.78 is 19.1. The molecule has 0 saturated heterocycles. The molecule has 2 heterocycles. The van der Waals surface area contributed by atoms with Gasteiger partial charge in [0.15, 0.2) is 12.2 Å². The molecule has 0 bridgehead atoms. The summed E-state index contributed by atoms with van der Waals surface area (Å²) in [4.78, 5) is 20.2. The third-order valence-electron chi connectivity index (χ3n) is 4.63. The Morgan fingerprint density at radius 2 is 2.29 bits per heavy atom. The van der Waals surface area contributed by atoms with Gasteiger partial charge in [0.25, 0.3) is 5.91 Å². The second kappa shape index (κ2) is 8.97. The van der Waals surface area contributed by atoms with Gasteiger partial charge in [-0.05, 0) is 29.2 Å². The van der Waals surface area contributed by atoms with E-state index in [-0.39, 0.29) is 17.5 Å². The average molecular weight is 402 g/mol. The van der Waals surface area contributed by atoms with E-state index < -0.39 is 11.7 Å². The van der Waals surface area contributed by atoms with Crippen LogP contribution in [0.1, 0.15) is 35.7 Å². The molecule has 0 radical (unpaired) electrons. The second-order valence-corrected chi connectivity index (χ2v) is 6.78. The van der Waals surface area contributed by atoms with Crippen LogP contribution in [-0.4, -0.2) is 27.8 Å². The van der Waals surface area contributed by atoms with Crippen molar-refractivity contribution < 1.29 is 13.6 Å². The predicted molar refractivity (Wildman–Crippen MR) is 106 cm³/mol. The minimum atomic E-state index is -0.643. The minimum Gasteiger partial charge on any atom is -0.448 e. The summed E-state index contributed by atoms with van der Waals surface area (Å²) in [6, 6.07) is 1.11. The first-order valence-electron chi connectivity index (χ1n) is 9.03. The van der Waals surface area contributed by atoms with Crippen LogP contribution < -0.4 is 5.32 Å². The molecule has 7 heteroatoms. The van der Waals surface area contributed by atoms with Crippen molar-refractivity contribution >= 4 is 23.6 Å². The van der Waals surface area contributed by atoms with Crippen LogP contribution in [-0.2, 0) is 6.42 Å². The van der Waals surface area contributed by atoms with E-state index in [1.807, 2.05) is 38.2 Å². The first-order valence-corrected chi connectivity index (χ1v) is 9.56. The van der Waals surface area contributed by atoms with E-state index in [2.05, 4.69) is 15.3 Å². The van der Waals surface area contributed by atoms with Crippen LogP contribution in [0.4, 0.5) is 4.39 Å². The van der Waals surface area contributed by atoms with Crippen LogP contribution in [0.2, 0.25) is 0 Å². The number of hydrogen-bond acceptors (Lipinski definition) is 4. The lowest BCUT2D eigenvalue weighted by molar-refractivity contribution is 0.0934. The van der Waals surface area contributed by atoms with Gasteiger partial charge in [-0.25, -0.2) is 9.37 Å². The molecule has 5 nitrogen and oxygen atoms in total. The maximum Gasteiger partial charge on any atom is 0.254 e. The zero-order valence-corrected chi connectivity index (χ0v) is 16.4. The molecule has 1 aliphatic carbocycles. The Hall–Kier alpha value is -2.73. The SMILES string of the molecule is CCc1ocnc1C=C(CCl)C1=CC(C)C(NC(=O)c2ccncc2F)C=C1. The van der Waals surface area contributed by atoms with Crippen molar-refractivity contribution in [2.24, 2.45) is 5.92 Å². The van der Waals surface area contributed by atoms with Crippen LogP contribution in [0.3, 0.4) is 0 Å². The third kappa shape index (κ3) is 4.39. The van der Waals surface area contributed by atoms with Crippen molar-refractivity contribution in [3.8, 4) is 0 Å². The summed E-state index contributed by atoms with van der Waals surface area (Å²) in [5, 5.41) is 2.85. The van der Waals surface area contributed by atoms with E-state index in [9.17, 15) is 9.18 Å². The van der Waals surface area contributed by atoms with E-state index in [1.54, 1.807) is 0 Å². The molecule has 0 saturated carbocycles. The number of allylic oxidation sites excluding steroid dienone is 3. The molecule has 3 rings (SSSR count). The van der Waals surface area contributed by atoms with Gasteiger partial charge in [0.05, 0.1) is 17.8 Å². The van der Waals surface area contributed by atoms with Crippen molar-refractivity contribution in [1.82, 2.24) is 15.3 Å². The van der Waals surface area contributed by atoms with E-state index >= 15 is 0 Å². The van der Waals surface area contributed by atoms with Gasteiger partial charge in [-0.3, -0.25) is 9.78 Å². The number of halogens is 2. The fourth-order valence-electron chi connectivity index (χ4n) is 3.03. The molecule has 1 N–H and O–H groups in total. The Kier molecular flexibility index (Phi) is 6.41. The monoisotopic (exact) mass is 401 g/mol. The Labute approximate surface area is 168 Å². The molecular formula is C21H21ClFN3O2. The Balaban J connectivity index is 1.75. The molecule has 2 unspecified atom stereocenters. The van der Waals surface area contributed by atoms with Gasteiger partial charge in [-0.2, -0.15) is 0 Å². The molecule has 2 aromatic heterocycles. The number of rotatable bonds is 6. The summed E-state index contributed by atoms with van der Waals surface area (Å²) in [5.74, 6) is 0.0129. The number of alkyl halides is 1. The highest BCUT2D eigenvalue weighted by molar-refractivity contribution is 6.20. The number of nitrogens with one attached hydrogen (secondary N) is 1. The molecule has 0 spiro atoms. The molecule has 1 aliphatic rings. The topological polar surface area (TPSA) is 68.0 Å². The smallest absolute Gasteiger partial charge is 0.254 e. The lowest BCUT2D eigenvalue weighted by Crippen LogP contribution is -2.39. The fourth-order valence-corrected chi connectivity index (χ4v) is 3.26. The summed E-state index contributed by atoms with van der Waals surface area (Å²) in [6.07, 6.45) is 12.3. The number of aryl methyl sites for hydroxylation is 1. The minimum absolute atomic E-state index is 0.00317. The highest BCUT2D eigenvalue weighted by atomic mass is 35.5. The van der Waals surface area contributed by atoms with Crippen LogP contribution in [0.25, 0.3) is 6.08 Å². The van der Waals surface area contributed by atoms with Crippen molar-refractivity contribution in [2.45, 2.75) is 26.3 Å². The summed E-state index contributed by atoms with van der Waals surface area (Å²) in [6.45, 7) is 3.98. The van der Waals surface area contributed by atoms with Crippen molar-refractivity contribution in [3.63, 3.8) is 0 Å². The van der Waals surface area contributed by atoms with Gasteiger partial charge < -0.3 is 9.73 Å². The first kappa shape index (κ1) is 20.0. The van der Waals surface area contributed by atoms with Crippen molar-refractivity contribution in [2.75, 3.05) is 5.88 Å². The molecule has 146 valence electrons. The van der Waals surface area contributed by atoms with E-state index in [0.717, 1.165) is 35.2 Å². The largest absolute Gasteiger partial charge is 0.448 e. The zero-order valence-electron chi connectivity index (χ0n) is 15.7. The number of oxazole rings is 1. The van der Waals surface area contributed by atoms with Crippen molar-refractivity contribution in [1.29, 1.82) is 0 Å². The Morgan fingerprint density at radius 3 is 2.96 bits per heavy atom. The van der Waals surface area contributed by atoms with E-state index in [4.69, 9.17) is 16.0 Å². The maximum atomic E-state index is 13.8. The van der Waals surface area contributed by atoms with E-state index in [0.29, 0.717) is 5.88 Å². The van der Waals surface area contributed by atoms with Crippen LogP contribution in [0.5, 0.6) is 0 Å². The number of carbonyl (C=O) groups is 1. The summed E-state index contributed by atoms with van der Waals surface area (Å²) in [7, 11) is 0. The second-order valence-electron chi connectivity index (χ2n) is 6.51. The predicted octanol–water partition coefficient (Wildman–Crippen LogP) is 4.32. The fraction of sp³-hybridized carbons (Fsp3) is 0.286. The third-order valence-corrected chi connectivity index (χ3v) is 4.91. The number of hydrogen-bond donors (Lipinski definition) is 1. The molecule has 0 aromatic carbocycles. The molecule has 0 fully saturated rings. The molecule has 28 heavy (non-hydrogen) atoms.